The molecular formula is C20H21ClN4O6S. The molecule has 0 spiro atoms. The number of rotatable bonds is 6. The summed E-state index contributed by atoms with van der Waals surface area (Å²) in [5.74, 6) is -0.152. The number of aromatic nitrogens is 2. The van der Waals surface area contributed by atoms with Crippen molar-refractivity contribution in [2.75, 3.05) is 26.0 Å². The molecule has 0 unspecified atom stereocenters. The number of fused-ring (bicyclic) bond motifs is 1. The lowest BCUT2D eigenvalue weighted by atomic mass is 10.2. The van der Waals surface area contributed by atoms with Crippen molar-refractivity contribution in [3.63, 3.8) is 0 Å². The summed E-state index contributed by atoms with van der Waals surface area (Å²) in [5.41, 5.74) is -0.460. The van der Waals surface area contributed by atoms with Crippen LogP contribution in [0.15, 0.2) is 50.9 Å². The van der Waals surface area contributed by atoms with Crippen LogP contribution in [-0.2, 0) is 28.9 Å². The van der Waals surface area contributed by atoms with E-state index < -0.39 is 33.7 Å². The lowest BCUT2D eigenvalue weighted by Crippen LogP contribution is -2.37. The van der Waals surface area contributed by atoms with Crippen molar-refractivity contribution in [1.29, 1.82) is 0 Å². The molecule has 1 aromatic heterocycles. The zero-order valence-electron chi connectivity index (χ0n) is 17.7. The number of ether oxygens (including phenoxy) is 1. The molecule has 10 nitrogen and oxygen atoms in total. The van der Waals surface area contributed by atoms with Gasteiger partial charge in [-0.2, -0.15) is 4.31 Å². The molecule has 0 saturated heterocycles. The highest BCUT2D eigenvalue weighted by molar-refractivity contribution is 7.89. The normalized spacial score (nSPS) is 11.7. The van der Waals surface area contributed by atoms with Crippen LogP contribution < -0.4 is 21.3 Å². The molecule has 3 rings (SSSR count). The zero-order chi connectivity index (χ0) is 23.8. The average Bonchev–Trinajstić information content (AvgIpc) is 2.75. The van der Waals surface area contributed by atoms with Crippen LogP contribution in [0.2, 0.25) is 5.02 Å². The van der Waals surface area contributed by atoms with Gasteiger partial charge in [0.1, 0.15) is 5.75 Å². The van der Waals surface area contributed by atoms with E-state index in [4.69, 9.17) is 16.3 Å². The van der Waals surface area contributed by atoms with E-state index >= 15 is 0 Å². The number of methoxy groups -OCH3 is 1. The quantitative estimate of drug-likeness (QED) is 0.565. The number of hydrogen-bond donors (Lipinski definition) is 1. The van der Waals surface area contributed by atoms with Gasteiger partial charge in [-0.25, -0.2) is 13.2 Å². The van der Waals surface area contributed by atoms with Crippen molar-refractivity contribution in [3.8, 4) is 5.75 Å². The fourth-order valence-corrected chi connectivity index (χ4v) is 4.56. The van der Waals surface area contributed by atoms with E-state index in [-0.39, 0.29) is 10.3 Å². The molecule has 0 aliphatic heterocycles. The van der Waals surface area contributed by atoms with Crippen LogP contribution in [0.1, 0.15) is 0 Å². The Bertz CT molecular complexity index is 1440. The summed E-state index contributed by atoms with van der Waals surface area (Å²) in [7, 11) is 1.41. The van der Waals surface area contributed by atoms with Crippen molar-refractivity contribution in [2.24, 2.45) is 14.1 Å². The van der Waals surface area contributed by atoms with Crippen molar-refractivity contribution in [1.82, 2.24) is 13.4 Å². The number of carbonyl (C=O) groups excluding carboxylic acids is 1. The average molecular weight is 481 g/mol. The van der Waals surface area contributed by atoms with Crippen LogP contribution in [0, 0.1) is 0 Å². The first kappa shape index (κ1) is 23.5. The summed E-state index contributed by atoms with van der Waals surface area (Å²) in [4.78, 5) is 36.7. The second kappa shape index (κ2) is 8.77. The summed E-state index contributed by atoms with van der Waals surface area (Å²) >= 11 is 6.03. The second-order valence-corrected chi connectivity index (χ2v) is 9.50. The molecule has 0 atom stereocenters. The Balaban J connectivity index is 1.86. The predicted molar refractivity (Wildman–Crippen MR) is 121 cm³/mol. The van der Waals surface area contributed by atoms with E-state index in [9.17, 15) is 22.8 Å². The SMILES string of the molecule is COc1ccc(NC(=O)CN(C)S(=O)(=O)c2ccc3c(c2)c(=O)n(C)c(=O)n3C)cc1Cl. The number of nitrogens with one attached hydrogen (secondary N) is 1. The van der Waals surface area contributed by atoms with Gasteiger partial charge in [-0.05, 0) is 36.4 Å². The molecule has 1 heterocycles. The molecule has 0 bridgehead atoms. The van der Waals surface area contributed by atoms with Gasteiger partial charge in [0, 0.05) is 26.8 Å². The lowest BCUT2D eigenvalue weighted by molar-refractivity contribution is -0.116. The number of carbonyl (C=O) groups is 1. The number of anilines is 1. The Kier molecular flexibility index (Phi) is 6.44. The van der Waals surface area contributed by atoms with Crippen LogP contribution >= 0.6 is 11.6 Å². The summed E-state index contributed by atoms with van der Waals surface area (Å²) < 4.78 is 34.0. The van der Waals surface area contributed by atoms with Crippen LogP contribution in [0.5, 0.6) is 5.75 Å². The molecular weight excluding hydrogens is 460 g/mol. The molecule has 0 aliphatic rings. The van der Waals surface area contributed by atoms with E-state index in [1.54, 1.807) is 12.1 Å². The Morgan fingerprint density at radius 3 is 2.44 bits per heavy atom. The maximum atomic E-state index is 13.0. The largest absolute Gasteiger partial charge is 0.495 e. The second-order valence-electron chi connectivity index (χ2n) is 7.04. The summed E-state index contributed by atoms with van der Waals surface area (Å²) in [6, 6.07) is 8.49. The smallest absolute Gasteiger partial charge is 0.330 e. The molecule has 1 amide bonds. The minimum Gasteiger partial charge on any atom is -0.495 e. The molecule has 170 valence electrons. The topological polar surface area (TPSA) is 120 Å². The highest BCUT2D eigenvalue weighted by Gasteiger charge is 2.24. The number of benzene rings is 2. The fraction of sp³-hybridized carbons (Fsp3) is 0.250. The molecule has 2 aromatic carbocycles. The predicted octanol–water partition coefficient (Wildman–Crippen LogP) is 1.16. The van der Waals surface area contributed by atoms with Crippen LogP contribution in [0.3, 0.4) is 0 Å². The molecule has 12 heteroatoms. The summed E-state index contributed by atoms with van der Waals surface area (Å²) in [5, 5.41) is 2.93. The minimum absolute atomic E-state index is 0.0707. The third kappa shape index (κ3) is 4.27. The Hall–Kier alpha value is -3.15. The van der Waals surface area contributed by atoms with E-state index in [0.717, 1.165) is 8.87 Å². The van der Waals surface area contributed by atoms with Crippen LogP contribution in [0.4, 0.5) is 5.69 Å². The molecule has 3 aromatic rings. The third-order valence-electron chi connectivity index (χ3n) is 4.95. The maximum absolute atomic E-state index is 13.0. The van der Waals surface area contributed by atoms with Gasteiger partial charge in [0.2, 0.25) is 15.9 Å². The maximum Gasteiger partial charge on any atom is 0.330 e. The molecule has 1 N–H and O–H groups in total. The third-order valence-corrected chi connectivity index (χ3v) is 7.04. The Morgan fingerprint density at radius 2 is 1.81 bits per heavy atom. The van der Waals surface area contributed by atoms with Crippen molar-refractivity contribution >= 4 is 44.1 Å². The number of hydrogen-bond acceptors (Lipinski definition) is 6. The number of halogens is 1. The lowest BCUT2D eigenvalue weighted by Gasteiger charge is -2.18. The van der Waals surface area contributed by atoms with Gasteiger partial charge in [-0.3, -0.25) is 18.7 Å². The molecule has 0 aliphatic carbocycles. The number of amides is 1. The van der Waals surface area contributed by atoms with E-state index in [0.29, 0.717) is 22.0 Å². The summed E-state index contributed by atoms with van der Waals surface area (Å²) in [6.07, 6.45) is 0. The zero-order valence-corrected chi connectivity index (χ0v) is 19.3. The van der Waals surface area contributed by atoms with Gasteiger partial charge in [-0.15, -0.1) is 0 Å². The highest BCUT2D eigenvalue weighted by Crippen LogP contribution is 2.27. The first-order chi connectivity index (χ1) is 15.0. The van der Waals surface area contributed by atoms with Crippen molar-refractivity contribution < 1.29 is 17.9 Å². The number of nitrogens with zero attached hydrogens (tertiary/aromatic N) is 3. The van der Waals surface area contributed by atoms with Gasteiger partial charge in [0.15, 0.2) is 0 Å². The van der Waals surface area contributed by atoms with Crippen molar-refractivity contribution in [2.45, 2.75) is 4.90 Å². The number of likely N-dealkylation sites (N-methyl/N-ethyl adjacent to an activating group) is 1. The first-order valence-electron chi connectivity index (χ1n) is 9.27. The van der Waals surface area contributed by atoms with Gasteiger partial charge < -0.3 is 10.1 Å². The standard InChI is InChI=1S/C20H21ClN4O6S/c1-23(11-18(26)22-12-5-8-17(31-4)15(21)9-12)32(29,30)13-6-7-16-14(10-13)19(27)25(3)20(28)24(16)2/h5-10H,11H2,1-4H3,(H,22,26). The Labute approximate surface area is 188 Å². The first-order valence-corrected chi connectivity index (χ1v) is 11.1. The van der Waals surface area contributed by atoms with Gasteiger partial charge in [0.25, 0.3) is 5.56 Å². The number of aryl methyl sites for hydroxylation is 1. The van der Waals surface area contributed by atoms with Crippen molar-refractivity contribution in [3.05, 3.63) is 62.3 Å². The minimum atomic E-state index is -4.10. The molecule has 0 fully saturated rings. The van der Waals surface area contributed by atoms with E-state index in [2.05, 4.69) is 5.32 Å². The fourth-order valence-electron chi connectivity index (χ4n) is 3.15. The molecule has 0 radical (unpaired) electrons. The number of sulfonamides is 1. The monoisotopic (exact) mass is 480 g/mol. The summed E-state index contributed by atoms with van der Waals surface area (Å²) in [6.45, 7) is -0.477. The highest BCUT2D eigenvalue weighted by atomic mass is 35.5. The van der Waals surface area contributed by atoms with Crippen LogP contribution in [-0.4, -0.2) is 48.5 Å². The van der Waals surface area contributed by atoms with E-state index in [1.165, 1.54) is 57.1 Å². The van der Waals surface area contributed by atoms with Crippen LogP contribution in [0.25, 0.3) is 10.9 Å². The van der Waals surface area contributed by atoms with Gasteiger partial charge in [0.05, 0.1) is 34.5 Å². The van der Waals surface area contributed by atoms with E-state index in [1.807, 2.05) is 0 Å². The molecule has 32 heavy (non-hydrogen) atoms. The Morgan fingerprint density at radius 1 is 1.12 bits per heavy atom. The van der Waals surface area contributed by atoms with Gasteiger partial charge in [-0.1, -0.05) is 11.6 Å². The van der Waals surface area contributed by atoms with Gasteiger partial charge >= 0.3 is 5.69 Å². The molecule has 0 saturated carbocycles.